The van der Waals surface area contributed by atoms with E-state index in [0.717, 1.165) is 31.6 Å². The lowest BCUT2D eigenvalue weighted by Gasteiger charge is -2.42. The van der Waals surface area contributed by atoms with E-state index in [0.29, 0.717) is 40.1 Å². The normalized spacial score (nSPS) is 21.9. The van der Waals surface area contributed by atoms with Crippen molar-refractivity contribution >= 4 is 10.9 Å². The van der Waals surface area contributed by atoms with Gasteiger partial charge in [-0.1, -0.05) is 12.1 Å². The van der Waals surface area contributed by atoms with E-state index in [1.807, 2.05) is 6.07 Å². The van der Waals surface area contributed by atoms with E-state index in [-0.39, 0.29) is 13.1 Å². The van der Waals surface area contributed by atoms with Crippen LogP contribution in [0.4, 0.5) is 22.0 Å². The average Bonchev–Trinajstić information content (AvgIpc) is 3.17. The van der Waals surface area contributed by atoms with Gasteiger partial charge in [0.2, 0.25) is 5.95 Å². The molecule has 10 heteroatoms. The predicted molar refractivity (Wildman–Crippen MR) is 122 cm³/mol. The molecule has 1 aromatic carbocycles. The molecule has 0 amide bonds. The summed E-state index contributed by atoms with van der Waals surface area (Å²) < 4.78 is 67.5. The van der Waals surface area contributed by atoms with Crippen molar-refractivity contribution in [1.29, 1.82) is 0 Å². The number of hydrogen-bond acceptors (Lipinski definition) is 4. The molecular formula is C25H28F5N5. The van der Waals surface area contributed by atoms with Crippen LogP contribution in [0, 0.1) is 11.9 Å². The fourth-order valence-electron chi connectivity index (χ4n) is 5.58. The molecule has 0 aliphatic carbocycles. The zero-order chi connectivity index (χ0) is 24.7. The number of fused-ring (bicyclic) bond motifs is 3. The number of nitrogens with zero attached hydrogens (tertiary/aromatic N) is 4. The smallest absolute Gasteiger partial charge is 0.303 e. The fraction of sp³-hybridized carbons (Fsp3) is 0.520. The van der Waals surface area contributed by atoms with Crippen LogP contribution < -0.4 is 0 Å². The van der Waals surface area contributed by atoms with Gasteiger partial charge in [-0.2, -0.15) is 22.7 Å². The van der Waals surface area contributed by atoms with Crippen LogP contribution in [-0.4, -0.2) is 70.1 Å². The minimum atomic E-state index is -4.38. The van der Waals surface area contributed by atoms with Crippen LogP contribution in [0.5, 0.6) is 0 Å². The molecule has 0 unspecified atom stereocenters. The zero-order valence-corrected chi connectivity index (χ0v) is 19.5. The first-order valence-corrected chi connectivity index (χ1v) is 11.9. The van der Waals surface area contributed by atoms with Crippen LogP contribution in [0.3, 0.4) is 0 Å². The number of hydrogen-bond donors (Lipinski definition) is 1. The number of benzene rings is 1. The maximum Gasteiger partial charge on any atom is 0.401 e. The highest BCUT2D eigenvalue weighted by Crippen LogP contribution is 2.41. The standard InChI is InChI=1S/C25H28F5N5/c1-15-9-19-18(4-6-20-22(19)24(27)33-32-20)23(35(15)14-25(28,29)30)21-5-3-16(11-31-21)10-17-12-34(13-17)8-2-7-26/h3-6,11,15,17,23H,2,7-10,12-14H2,1H3,(H,32,33)/t15-,23+/m1/s1. The summed E-state index contributed by atoms with van der Waals surface area (Å²) in [6, 6.07) is 5.88. The number of aromatic nitrogens is 3. The first-order chi connectivity index (χ1) is 16.7. The Hall–Kier alpha value is -2.59. The molecule has 2 atom stereocenters. The summed E-state index contributed by atoms with van der Waals surface area (Å²) >= 11 is 0. The minimum absolute atomic E-state index is 0.286. The highest BCUT2D eigenvalue weighted by Gasteiger charge is 2.42. The van der Waals surface area contributed by atoms with E-state index in [1.165, 1.54) is 4.90 Å². The Morgan fingerprint density at radius 1 is 1.14 bits per heavy atom. The van der Waals surface area contributed by atoms with Crippen molar-refractivity contribution in [2.75, 3.05) is 32.9 Å². The van der Waals surface area contributed by atoms with E-state index in [9.17, 15) is 22.0 Å². The Morgan fingerprint density at radius 2 is 1.94 bits per heavy atom. The number of pyridine rings is 1. The first-order valence-electron chi connectivity index (χ1n) is 11.9. The van der Waals surface area contributed by atoms with Crippen molar-refractivity contribution in [3.8, 4) is 0 Å². The molecule has 1 saturated heterocycles. The van der Waals surface area contributed by atoms with E-state index >= 15 is 0 Å². The monoisotopic (exact) mass is 493 g/mol. The van der Waals surface area contributed by atoms with Gasteiger partial charge in [0.15, 0.2) is 0 Å². The van der Waals surface area contributed by atoms with E-state index in [2.05, 4.69) is 20.1 Å². The van der Waals surface area contributed by atoms with Gasteiger partial charge in [-0.3, -0.25) is 19.4 Å². The summed E-state index contributed by atoms with van der Waals surface area (Å²) in [5, 5.41) is 6.66. The lowest BCUT2D eigenvalue weighted by Crippen LogP contribution is -2.48. The Kier molecular flexibility index (Phi) is 6.52. The molecule has 0 spiro atoms. The molecule has 35 heavy (non-hydrogen) atoms. The summed E-state index contributed by atoms with van der Waals surface area (Å²) in [4.78, 5) is 8.22. The molecule has 4 heterocycles. The summed E-state index contributed by atoms with van der Waals surface area (Å²) in [6.45, 7) is 2.95. The van der Waals surface area contributed by atoms with Crippen LogP contribution in [0.2, 0.25) is 0 Å². The van der Waals surface area contributed by atoms with Crippen molar-refractivity contribution < 1.29 is 22.0 Å². The molecule has 1 fully saturated rings. The maximum atomic E-state index is 14.5. The third-order valence-electron chi connectivity index (χ3n) is 7.17. The third-order valence-corrected chi connectivity index (χ3v) is 7.17. The highest BCUT2D eigenvalue weighted by atomic mass is 19.4. The van der Waals surface area contributed by atoms with Gasteiger partial charge >= 0.3 is 6.18 Å². The molecular weight excluding hydrogens is 465 g/mol. The molecule has 2 aromatic heterocycles. The third kappa shape index (κ3) is 4.91. The molecule has 3 aromatic rings. The lowest BCUT2D eigenvalue weighted by atomic mass is 9.84. The van der Waals surface area contributed by atoms with Gasteiger partial charge in [0.1, 0.15) is 0 Å². The SMILES string of the molecule is C[C@@H]1Cc2c(ccc3n[nH]c(F)c23)[C@@H](c2ccc(CC3CN(CCCF)C3)cn2)N1CC(F)(F)F. The fourth-order valence-corrected chi connectivity index (χ4v) is 5.58. The van der Waals surface area contributed by atoms with E-state index < -0.39 is 30.8 Å². The quantitative estimate of drug-likeness (QED) is 0.479. The number of aromatic amines is 1. The number of rotatable bonds is 7. The van der Waals surface area contributed by atoms with Gasteiger partial charge in [-0.15, -0.1) is 0 Å². The molecule has 2 aliphatic heterocycles. The number of halogens is 5. The average molecular weight is 494 g/mol. The Bertz CT molecular complexity index is 1170. The largest absolute Gasteiger partial charge is 0.401 e. The second-order valence-corrected chi connectivity index (χ2v) is 9.77. The van der Waals surface area contributed by atoms with E-state index in [1.54, 1.807) is 31.3 Å². The number of likely N-dealkylation sites (tertiary alicyclic amines) is 1. The van der Waals surface area contributed by atoms with Crippen molar-refractivity contribution in [2.24, 2.45) is 5.92 Å². The Labute approximate surface area is 200 Å². The van der Waals surface area contributed by atoms with Crippen molar-refractivity contribution in [3.63, 3.8) is 0 Å². The second-order valence-electron chi connectivity index (χ2n) is 9.77. The van der Waals surface area contributed by atoms with Crippen molar-refractivity contribution in [3.05, 3.63) is 58.8 Å². The van der Waals surface area contributed by atoms with Crippen molar-refractivity contribution in [2.45, 2.75) is 44.4 Å². The molecule has 2 aliphatic rings. The molecule has 188 valence electrons. The predicted octanol–water partition coefficient (Wildman–Crippen LogP) is 4.83. The van der Waals surface area contributed by atoms with Gasteiger partial charge in [-0.25, -0.2) is 0 Å². The summed E-state index contributed by atoms with van der Waals surface area (Å²) in [5.41, 5.74) is 3.29. The van der Waals surface area contributed by atoms with Crippen LogP contribution in [0.15, 0.2) is 30.5 Å². The highest BCUT2D eigenvalue weighted by molar-refractivity contribution is 5.84. The molecule has 0 radical (unpaired) electrons. The van der Waals surface area contributed by atoms with Crippen LogP contribution in [0.1, 0.15) is 41.8 Å². The second kappa shape index (κ2) is 9.46. The topological polar surface area (TPSA) is 48.1 Å². The first kappa shape index (κ1) is 24.1. The van der Waals surface area contributed by atoms with Crippen LogP contribution in [0.25, 0.3) is 10.9 Å². The summed E-state index contributed by atoms with van der Waals surface area (Å²) in [6.07, 6.45) is -0.985. The maximum absolute atomic E-state index is 14.5. The minimum Gasteiger partial charge on any atom is -0.303 e. The van der Waals surface area contributed by atoms with Gasteiger partial charge in [0, 0.05) is 31.9 Å². The van der Waals surface area contributed by atoms with Gasteiger partial charge in [-0.05, 0) is 60.9 Å². The molecule has 1 N–H and O–H groups in total. The van der Waals surface area contributed by atoms with Gasteiger partial charge in [0.05, 0.1) is 35.9 Å². The van der Waals surface area contributed by atoms with Gasteiger partial charge in [0.25, 0.3) is 0 Å². The molecule has 0 bridgehead atoms. The number of nitrogens with one attached hydrogen (secondary N) is 1. The summed E-state index contributed by atoms with van der Waals surface area (Å²) in [5.74, 6) is -0.104. The zero-order valence-electron chi connectivity index (χ0n) is 19.5. The van der Waals surface area contributed by atoms with Crippen LogP contribution >= 0.6 is 0 Å². The van der Waals surface area contributed by atoms with Crippen molar-refractivity contribution in [1.82, 2.24) is 25.0 Å². The molecule has 0 saturated carbocycles. The van der Waals surface area contributed by atoms with Gasteiger partial charge < -0.3 is 4.90 Å². The number of H-pyrrole nitrogens is 1. The number of alkyl halides is 4. The lowest BCUT2D eigenvalue weighted by molar-refractivity contribution is -0.155. The Balaban J connectivity index is 1.43. The van der Waals surface area contributed by atoms with Crippen LogP contribution in [-0.2, 0) is 12.8 Å². The molecule has 5 rings (SSSR count). The molecule has 5 nitrogen and oxygen atoms in total. The van der Waals surface area contributed by atoms with E-state index in [4.69, 9.17) is 0 Å². The Morgan fingerprint density at radius 3 is 2.63 bits per heavy atom. The summed E-state index contributed by atoms with van der Waals surface area (Å²) in [7, 11) is 0.